The van der Waals surface area contributed by atoms with Gasteiger partial charge in [-0.3, -0.25) is 0 Å². The van der Waals surface area contributed by atoms with Crippen molar-refractivity contribution in [2.45, 2.75) is 52.7 Å². The van der Waals surface area contributed by atoms with Gasteiger partial charge in [0.1, 0.15) is 0 Å². The van der Waals surface area contributed by atoms with Gasteiger partial charge in [-0.1, -0.05) is 0 Å². The minimum absolute atomic E-state index is 0.431. The van der Waals surface area contributed by atoms with E-state index in [1.165, 1.54) is 36.4 Å². The second-order valence-electron chi connectivity index (χ2n) is 10.4. The van der Waals surface area contributed by atoms with Gasteiger partial charge in [-0.05, 0) is 0 Å². The fraction of sp³-hybridized carbons (Fsp3) is 0.310. The summed E-state index contributed by atoms with van der Waals surface area (Å²) in [7, 11) is 0. The Kier molecular flexibility index (Phi) is 6.22. The number of hydrogen-bond acceptors (Lipinski definition) is 2. The van der Waals surface area contributed by atoms with E-state index in [2.05, 4.69) is 0 Å². The summed E-state index contributed by atoms with van der Waals surface area (Å²) in [6.07, 6.45) is -1.44. The molecule has 0 bridgehead atoms. The topological polar surface area (TPSA) is 18.5 Å². The summed E-state index contributed by atoms with van der Waals surface area (Å²) >= 11 is -5.40. The fourth-order valence-electron chi connectivity index (χ4n) is 6.12. The molecule has 200 valence electrons. The van der Waals surface area contributed by atoms with Crippen LogP contribution in [0.15, 0.2) is 95.1 Å². The van der Waals surface area contributed by atoms with Crippen LogP contribution in [0.5, 0.6) is 11.5 Å². The molecule has 2 atom stereocenters. The van der Waals surface area contributed by atoms with Crippen molar-refractivity contribution in [3.8, 4) is 11.5 Å². The molecule has 0 aromatic heterocycles. The maximum absolute atomic E-state index is 14.1. The molecule has 2 nitrogen and oxygen atoms in total. The van der Waals surface area contributed by atoms with Gasteiger partial charge in [0, 0.05) is 0 Å². The normalized spacial score (nSPS) is 26.1. The Morgan fingerprint density at radius 1 is 0.658 bits per heavy atom. The SMILES string of the molecule is CC1=C2CC3=C(C)C=C[C]3(C)[Zr]([O]c3ccccc3C(F)(F)F)([O]c3ccccc3C(F)(F)F)[C]2(C)C=C1. The van der Waals surface area contributed by atoms with Crippen LogP contribution in [0.3, 0.4) is 0 Å². The summed E-state index contributed by atoms with van der Waals surface area (Å²) in [5.74, 6) is -0.863. The van der Waals surface area contributed by atoms with E-state index < -0.39 is 62.4 Å². The molecular weight excluding hydrogens is 586 g/mol. The molecule has 0 N–H and O–H groups in total. The molecular formula is C29H26F6O2Zr. The number of benzene rings is 2. The molecule has 2 aromatic carbocycles. The van der Waals surface area contributed by atoms with Gasteiger partial charge in [-0.2, -0.15) is 0 Å². The Labute approximate surface area is 223 Å². The molecule has 1 heterocycles. The van der Waals surface area contributed by atoms with E-state index >= 15 is 0 Å². The van der Waals surface area contributed by atoms with E-state index in [0.717, 1.165) is 34.4 Å². The van der Waals surface area contributed by atoms with Gasteiger partial charge in [0.25, 0.3) is 0 Å². The van der Waals surface area contributed by atoms with Crippen molar-refractivity contribution >= 4 is 0 Å². The van der Waals surface area contributed by atoms with Gasteiger partial charge >= 0.3 is 224 Å². The third kappa shape index (κ3) is 3.87. The molecule has 1 saturated heterocycles. The number of fused-ring (bicyclic) bond motifs is 2. The molecule has 1 aliphatic heterocycles. The molecule has 2 unspecified atom stereocenters. The molecule has 0 amide bonds. The van der Waals surface area contributed by atoms with Gasteiger partial charge in [0.05, 0.1) is 0 Å². The van der Waals surface area contributed by atoms with Gasteiger partial charge in [0.15, 0.2) is 0 Å². The predicted octanol–water partition coefficient (Wildman–Crippen LogP) is 9.70. The second-order valence-corrected chi connectivity index (χ2v) is 19.5. The molecule has 2 aromatic rings. The summed E-state index contributed by atoms with van der Waals surface area (Å²) in [6, 6.07) is 9.68. The Bertz CT molecular complexity index is 1320. The third-order valence-electron chi connectivity index (χ3n) is 8.15. The number of rotatable bonds is 4. The van der Waals surface area contributed by atoms with Gasteiger partial charge in [-0.15, -0.1) is 0 Å². The van der Waals surface area contributed by atoms with Crippen molar-refractivity contribution in [2.75, 3.05) is 0 Å². The number of halogens is 6. The molecule has 0 spiro atoms. The summed E-state index contributed by atoms with van der Waals surface area (Å²) in [6.45, 7) is 7.51. The molecule has 2 aliphatic carbocycles. The van der Waals surface area contributed by atoms with Crippen molar-refractivity contribution in [2.24, 2.45) is 0 Å². The molecule has 1 fully saturated rings. The van der Waals surface area contributed by atoms with Crippen LogP contribution in [0.25, 0.3) is 0 Å². The Morgan fingerprint density at radius 3 is 1.39 bits per heavy atom. The summed E-state index contributed by atoms with van der Waals surface area (Å²) in [4.78, 5) is 0. The average molecular weight is 612 g/mol. The quantitative estimate of drug-likeness (QED) is 0.321. The number of para-hydroxylation sites is 2. The van der Waals surface area contributed by atoms with Crippen molar-refractivity contribution in [1.82, 2.24) is 0 Å². The average Bonchev–Trinajstić information content (AvgIpc) is 3.30. The third-order valence-corrected chi connectivity index (χ3v) is 19.7. The standard InChI is InChI=1S/C15H18.2C7H5F3O.Zr/c1-10-5-6-11(2)14(10)9-15-12(3)7-8-13(15)4;2*8-7(9,10)5-3-1-2-4-6(5)11;/h5-8H,9H2,1-4H3;2*1-4,11H;/q;;;+2/p-2. The van der Waals surface area contributed by atoms with Crippen LogP contribution in [-0.4, -0.2) is 0 Å². The Balaban J connectivity index is 1.84. The van der Waals surface area contributed by atoms with E-state index in [4.69, 9.17) is 5.63 Å². The molecule has 0 saturated carbocycles. The molecule has 5 rings (SSSR count). The van der Waals surface area contributed by atoms with Crippen LogP contribution in [0, 0.1) is 0 Å². The zero-order chi connectivity index (χ0) is 27.7. The van der Waals surface area contributed by atoms with Crippen LogP contribution in [-0.2, 0) is 33.5 Å². The van der Waals surface area contributed by atoms with E-state index in [1.54, 1.807) is 0 Å². The zero-order valence-corrected chi connectivity index (χ0v) is 23.7. The van der Waals surface area contributed by atoms with E-state index in [9.17, 15) is 26.3 Å². The van der Waals surface area contributed by atoms with E-state index in [1.807, 2.05) is 52.0 Å². The molecule has 38 heavy (non-hydrogen) atoms. The zero-order valence-electron chi connectivity index (χ0n) is 21.2. The second kappa shape index (κ2) is 8.74. The molecule has 3 aliphatic rings. The summed E-state index contributed by atoms with van der Waals surface area (Å²) in [5.41, 5.74) is 1.69. The van der Waals surface area contributed by atoms with Crippen LogP contribution in [0.4, 0.5) is 26.3 Å². The predicted molar refractivity (Wildman–Crippen MR) is 129 cm³/mol. The number of allylic oxidation sites excluding steroid dienone is 8. The first-order valence-electron chi connectivity index (χ1n) is 12.1. The van der Waals surface area contributed by atoms with Crippen molar-refractivity contribution in [1.29, 1.82) is 0 Å². The first-order valence-corrected chi connectivity index (χ1v) is 16.6. The van der Waals surface area contributed by atoms with E-state index in [0.29, 0.717) is 6.42 Å². The van der Waals surface area contributed by atoms with Crippen LogP contribution < -0.4 is 5.63 Å². The van der Waals surface area contributed by atoms with Gasteiger partial charge in [-0.25, -0.2) is 0 Å². The fourth-order valence-corrected chi connectivity index (χ4v) is 18.2. The van der Waals surface area contributed by atoms with Crippen LogP contribution >= 0.6 is 0 Å². The van der Waals surface area contributed by atoms with Gasteiger partial charge < -0.3 is 0 Å². The van der Waals surface area contributed by atoms with Crippen LogP contribution in [0.2, 0.25) is 6.25 Å². The Hall–Kier alpha value is -2.54. The number of alkyl halides is 6. The van der Waals surface area contributed by atoms with Gasteiger partial charge in [0.2, 0.25) is 0 Å². The first kappa shape index (κ1) is 27.0. The van der Waals surface area contributed by atoms with Crippen molar-refractivity contribution in [3.63, 3.8) is 0 Å². The monoisotopic (exact) mass is 610 g/mol. The van der Waals surface area contributed by atoms with Crippen molar-refractivity contribution in [3.05, 3.63) is 106 Å². The summed E-state index contributed by atoms with van der Waals surface area (Å²) in [5, 5.41) is 0. The maximum atomic E-state index is 14.1. The summed E-state index contributed by atoms with van der Waals surface area (Å²) < 4.78 is 96.1. The Morgan fingerprint density at radius 2 is 1.03 bits per heavy atom. The molecule has 0 radical (unpaired) electrons. The van der Waals surface area contributed by atoms with Crippen molar-refractivity contribution < 1.29 is 53.1 Å². The first-order chi connectivity index (χ1) is 17.6. The molecule has 9 heteroatoms. The van der Waals surface area contributed by atoms with Crippen LogP contribution in [0.1, 0.15) is 45.2 Å². The number of hydrogen-bond donors (Lipinski definition) is 0. The minimum atomic E-state index is -5.40. The van der Waals surface area contributed by atoms with E-state index in [-0.39, 0.29) is 0 Å².